The molecule has 0 aromatic heterocycles. The third-order valence-electron chi connectivity index (χ3n) is 4.06. The fraction of sp³-hybridized carbons (Fsp3) is 0.737. The Morgan fingerprint density at radius 3 is 2.05 bits per heavy atom. The number of likely N-dealkylation sites (tertiary alicyclic amines) is 1. The number of hydrogen-bond acceptors (Lipinski definition) is 1. The molecule has 0 aliphatic carbocycles. The maximum Gasteiger partial charge on any atom is 0.246 e. The van der Waals surface area contributed by atoms with Gasteiger partial charge in [0.15, 0.2) is 0 Å². The van der Waals surface area contributed by atoms with Gasteiger partial charge < -0.3 is 4.90 Å². The number of nitrogens with zero attached hydrogens (tertiary/aromatic N) is 1. The predicted molar refractivity (Wildman–Crippen MR) is 91.3 cm³/mol. The summed E-state index contributed by atoms with van der Waals surface area (Å²) < 4.78 is 0. The van der Waals surface area contributed by atoms with Crippen LogP contribution in [0.5, 0.6) is 0 Å². The second kappa shape index (κ2) is 12.7. The number of rotatable bonds is 10. The van der Waals surface area contributed by atoms with Gasteiger partial charge in [0.05, 0.1) is 0 Å². The SMILES string of the molecule is CCCCC/C=C\CCCC/C=C/C(=O)N1CCCCC1. The second-order valence-corrected chi connectivity index (χ2v) is 6.04. The topological polar surface area (TPSA) is 20.3 Å². The van der Waals surface area contributed by atoms with E-state index in [-0.39, 0.29) is 5.91 Å². The zero-order valence-corrected chi connectivity index (χ0v) is 13.9. The number of amides is 1. The molecule has 2 nitrogen and oxygen atoms in total. The van der Waals surface area contributed by atoms with Crippen molar-refractivity contribution in [2.75, 3.05) is 13.1 Å². The molecule has 0 atom stereocenters. The maximum atomic E-state index is 11.9. The highest BCUT2D eigenvalue weighted by Crippen LogP contribution is 2.09. The van der Waals surface area contributed by atoms with Crippen molar-refractivity contribution in [3.8, 4) is 0 Å². The summed E-state index contributed by atoms with van der Waals surface area (Å²) >= 11 is 0. The lowest BCUT2D eigenvalue weighted by Gasteiger charge is -2.25. The summed E-state index contributed by atoms with van der Waals surface area (Å²) in [5.41, 5.74) is 0. The normalized spacial score (nSPS) is 16.1. The van der Waals surface area contributed by atoms with Crippen LogP contribution < -0.4 is 0 Å². The first-order chi connectivity index (χ1) is 10.3. The molecule has 2 heteroatoms. The molecule has 120 valence electrons. The molecule has 1 fully saturated rings. The molecule has 0 bridgehead atoms. The number of allylic oxidation sites excluding steroid dienone is 3. The van der Waals surface area contributed by atoms with Gasteiger partial charge in [-0.1, -0.05) is 38.0 Å². The fourth-order valence-electron chi connectivity index (χ4n) is 2.68. The minimum absolute atomic E-state index is 0.213. The van der Waals surface area contributed by atoms with E-state index in [4.69, 9.17) is 0 Å². The molecule has 0 N–H and O–H groups in total. The molecular weight excluding hydrogens is 258 g/mol. The Kier molecular flexibility index (Phi) is 10.9. The average molecular weight is 291 g/mol. The van der Waals surface area contributed by atoms with E-state index in [1.54, 1.807) is 6.08 Å². The van der Waals surface area contributed by atoms with E-state index < -0.39 is 0 Å². The molecule has 1 rings (SSSR count). The van der Waals surface area contributed by atoms with E-state index in [1.807, 2.05) is 4.90 Å². The van der Waals surface area contributed by atoms with Crippen molar-refractivity contribution < 1.29 is 4.79 Å². The lowest BCUT2D eigenvalue weighted by atomic mass is 10.1. The molecule has 1 amide bonds. The van der Waals surface area contributed by atoms with Crippen LogP contribution in [0, 0.1) is 0 Å². The lowest BCUT2D eigenvalue weighted by molar-refractivity contribution is -0.126. The third-order valence-corrected chi connectivity index (χ3v) is 4.06. The van der Waals surface area contributed by atoms with E-state index in [9.17, 15) is 4.79 Å². The van der Waals surface area contributed by atoms with Crippen LogP contribution in [0.25, 0.3) is 0 Å². The van der Waals surface area contributed by atoms with Crippen molar-refractivity contribution >= 4 is 5.91 Å². The monoisotopic (exact) mass is 291 g/mol. The fourth-order valence-corrected chi connectivity index (χ4v) is 2.68. The van der Waals surface area contributed by atoms with Gasteiger partial charge in [-0.25, -0.2) is 0 Å². The van der Waals surface area contributed by atoms with E-state index in [2.05, 4.69) is 25.2 Å². The van der Waals surface area contributed by atoms with Gasteiger partial charge in [0.1, 0.15) is 0 Å². The van der Waals surface area contributed by atoms with Crippen molar-refractivity contribution in [3.63, 3.8) is 0 Å². The molecule has 1 aliphatic heterocycles. The summed E-state index contributed by atoms with van der Waals surface area (Å²) in [7, 11) is 0. The van der Waals surface area contributed by atoms with E-state index in [1.165, 1.54) is 64.2 Å². The summed E-state index contributed by atoms with van der Waals surface area (Å²) in [5.74, 6) is 0.213. The van der Waals surface area contributed by atoms with Crippen LogP contribution in [0.15, 0.2) is 24.3 Å². The third kappa shape index (κ3) is 9.49. The Labute approximate surface area is 131 Å². The second-order valence-electron chi connectivity index (χ2n) is 6.04. The Hall–Kier alpha value is -1.05. The average Bonchev–Trinajstić information content (AvgIpc) is 2.53. The number of carbonyl (C=O) groups excluding carboxylic acids is 1. The summed E-state index contributed by atoms with van der Waals surface area (Å²) in [6.45, 7) is 4.14. The van der Waals surface area contributed by atoms with Gasteiger partial charge in [0.25, 0.3) is 0 Å². The van der Waals surface area contributed by atoms with Gasteiger partial charge in [-0.2, -0.15) is 0 Å². The zero-order chi connectivity index (χ0) is 15.2. The standard InChI is InChI=1S/C19H33NO/c1-2-3-4-5-6-7-8-9-10-11-13-16-19(21)20-17-14-12-15-18-20/h6-7,13,16H,2-5,8-12,14-15,17-18H2,1H3/b7-6-,16-13+. The molecule has 1 saturated heterocycles. The molecule has 21 heavy (non-hydrogen) atoms. The van der Waals surface area contributed by atoms with Gasteiger partial charge in [-0.15, -0.1) is 0 Å². The van der Waals surface area contributed by atoms with Crippen molar-refractivity contribution in [2.45, 2.75) is 77.6 Å². The molecule has 0 aromatic rings. The van der Waals surface area contributed by atoms with Crippen LogP contribution in [0.4, 0.5) is 0 Å². The van der Waals surface area contributed by atoms with Gasteiger partial charge in [0, 0.05) is 13.1 Å². The molecule has 0 unspecified atom stereocenters. The first kappa shape index (κ1) is 18.0. The molecule has 0 aromatic carbocycles. The number of piperidine rings is 1. The van der Waals surface area contributed by atoms with E-state index in [0.29, 0.717) is 0 Å². The summed E-state index contributed by atoms with van der Waals surface area (Å²) in [4.78, 5) is 13.9. The largest absolute Gasteiger partial charge is 0.339 e. The molecule has 0 spiro atoms. The highest BCUT2D eigenvalue weighted by Gasteiger charge is 2.13. The van der Waals surface area contributed by atoms with Gasteiger partial charge in [-0.3, -0.25) is 4.79 Å². The van der Waals surface area contributed by atoms with Crippen molar-refractivity contribution in [3.05, 3.63) is 24.3 Å². The first-order valence-electron chi connectivity index (χ1n) is 8.95. The smallest absolute Gasteiger partial charge is 0.246 e. The Morgan fingerprint density at radius 1 is 0.857 bits per heavy atom. The Balaban J connectivity index is 1.95. The van der Waals surface area contributed by atoms with Crippen LogP contribution in [-0.2, 0) is 4.79 Å². The van der Waals surface area contributed by atoms with E-state index >= 15 is 0 Å². The Morgan fingerprint density at radius 2 is 1.43 bits per heavy atom. The number of hydrogen-bond donors (Lipinski definition) is 0. The van der Waals surface area contributed by atoms with Crippen molar-refractivity contribution in [1.29, 1.82) is 0 Å². The molecule has 0 radical (unpaired) electrons. The van der Waals surface area contributed by atoms with Crippen LogP contribution in [0.3, 0.4) is 0 Å². The van der Waals surface area contributed by atoms with Gasteiger partial charge >= 0.3 is 0 Å². The van der Waals surface area contributed by atoms with Crippen LogP contribution in [0.2, 0.25) is 0 Å². The summed E-state index contributed by atoms with van der Waals surface area (Å²) in [6, 6.07) is 0. The minimum Gasteiger partial charge on any atom is -0.339 e. The minimum atomic E-state index is 0.213. The lowest BCUT2D eigenvalue weighted by Crippen LogP contribution is -2.34. The van der Waals surface area contributed by atoms with Crippen LogP contribution in [0.1, 0.15) is 77.6 Å². The zero-order valence-electron chi connectivity index (χ0n) is 13.9. The van der Waals surface area contributed by atoms with Crippen molar-refractivity contribution in [2.24, 2.45) is 0 Å². The maximum absolute atomic E-state index is 11.9. The van der Waals surface area contributed by atoms with Crippen LogP contribution in [-0.4, -0.2) is 23.9 Å². The Bertz CT molecular complexity index is 314. The first-order valence-corrected chi connectivity index (χ1v) is 8.95. The quantitative estimate of drug-likeness (QED) is 0.306. The molecule has 1 heterocycles. The number of carbonyl (C=O) groups is 1. The highest BCUT2D eigenvalue weighted by molar-refractivity contribution is 5.87. The number of unbranched alkanes of at least 4 members (excludes halogenated alkanes) is 6. The van der Waals surface area contributed by atoms with Crippen molar-refractivity contribution in [1.82, 2.24) is 4.90 Å². The predicted octanol–water partition coefficient (Wildman–Crippen LogP) is 5.25. The summed E-state index contributed by atoms with van der Waals surface area (Å²) in [6.07, 6.45) is 21.9. The molecule has 0 saturated carbocycles. The summed E-state index contributed by atoms with van der Waals surface area (Å²) in [5, 5.41) is 0. The van der Waals surface area contributed by atoms with Gasteiger partial charge in [-0.05, 0) is 63.9 Å². The molecule has 1 aliphatic rings. The highest BCUT2D eigenvalue weighted by atomic mass is 16.2. The van der Waals surface area contributed by atoms with E-state index in [0.717, 1.165) is 19.5 Å². The van der Waals surface area contributed by atoms with Gasteiger partial charge in [0.2, 0.25) is 5.91 Å². The molecular formula is C19H33NO. The van der Waals surface area contributed by atoms with Crippen LogP contribution >= 0.6 is 0 Å².